The second-order valence-electron chi connectivity index (χ2n) is 6.06. The van der Waals surface area contributed by atoms with Crippen LogP contribution in [0.1, 0.15) is 44.9 Å². The molecule has 0 atom stereocenters. The molecule has 0 fully saturated rings. The van der Waals surface area contributed by atoms with Gasteiger partial charge >= 0.3 is 5.97 Å². The highest BCUT2D eigenvalue weighted by molar-refractivity contribution is 7.92. The number of hydrogen-bond acceptors (Lipinski definition) is 6. The van der Waals surface area contributed by atoms with Crippen LogP contribution in [0.4, 0.5) is 4.39 Å². The Kier molecular flexibility index (Phi) is 4.56. The number of amides is 2. The van der Waals surface area contributed by atoms with Crippen molar-refractivity contribution >= 4 is 27.6 Å². The van der Waals surface area contributed by atoms with E-state index in [4.69, 9.17) is 4.84 Å². The lowest BCUT2D eigenvalue weighted by molar-refractivity contribution is -0.0587. The minimum absolute atomic E-state index is 0.0481. The van der Waals surface area contributed by atoms with Crippen molar-refractivity contribution in [1.29, 1.82) is 0 Å². The summed E-state index contributed by atoms with van der Waals surface area (Å²) in [5, 5.41) is -0.557. The van der Waals surface area contributed by atoms with Crippen LogP contribution in [0.5, 0.6) is 0 Å². The van der Waals surface area contributed by atoms with Gasteiger partial charge < -0.3 is 4.84 Å². The van der Waals surface area contributed by atoms with Crippen molar-refractivity contribution in [2.45, 2.75) is 24.0 Å². The van der Waals surface area contributed by atoms with Crippen molar-refractivity contribution in [2.75, 3.05) is 0 Å². The fourth-order valence-electron chi connectivity index (χ4n) is 2.49. The molecule has 0 spiro atoms. The first-order valence-corrected chi connectivity index (χ1v) is 9.42. The van der Waals surface area contributed by atoms with Gasteiger partial charge in [-0.2, -0.15) is 0 Å². The molecule has 1 aliphatic heterocycles. The van der Waals surface area contributed by atoms with Crippen molar-refractivity contribution in [3.05, 3.63) is 65.0 Å². The third-order valence-corrected chi connectivity index (χ3v) is 6.19. The Bertz CT molecular complexity index is 1040. The van der Waals surface area contributed by atoms with Crippen molar-refractivity contribution < 1.29 is 32.0 Å². The topological polar surface area (TPSA) is 97.8 Å². The highest BCUT2D eigenvalue weighted by Crippen LogP contribution is 2.25. The maximum Gasteiger partial charge on any atom is 0.366 e. The summed E-state index contributed by atoms with van der Waals surface area (Å²) in [5.41, 5.74) is -0.605. The molecule has 0 N–H and O–H groups in total. The van der Waals surface area contributed by atoms with Gasteiger partial charge in [-0.1, -0.05) is 17.2 Å². The lowest BCUT2D eigenvalue weighted by Gasteiger charge is -2.14. The number of hydroxylamine groups is 2. The summed E-state index contributed by atoms with van der Waals surface area (Å²) < 4.78 is 38.5. The van der Waals surface area contributed by atoms with Gasteiger partial charge in [-0.3, -0.25) is 9.59 Å². The van der Waals surface area contributed by atoms with Gasteiger partial charge in [-0.25, -0.2) is 17.6 Å². The van der Waals surface area contributed by atoms with Crippen LogP contribution >= 0.6 is 0 Å². The third kappa shape index (κ3) is 3.10. The molecular weight excluding hydrogens is 377 g/mol. The highest BCUT2D eigenvalue weighted by atomic mass is 32.2. The summed E-state index contributed by atoms with van der Waals surface area (Å²) >= 11 is 0. The van der Waals surface area contributed by atoms with E-state index in [1.807, 2.05) is 0 Å². The zero-order valence-corrected chi connectivity index (χ0v) is 15.1. The molecule has 2 aromatic rings. The average Bonchev–Trinajstić information content (AvgIpc) is 2.87. The van der Waals surface area contributed by atoms with Crippen LogP contribution < -0.4 is 0 Å². The van der Waals surface area contributed by atoms with Gasteiger partial charge in [0.1, 0.15) is 5.82 Å². The first-order valence-electron chi connectivity index (χ1n) is 7.88. The molecule has 0 saturated carbocycles. The van der Waals surface area contributed by atoms with Crippen LogP contribution in [0.25, 0.3) is 0 Å². The normalized spacial score (nSPS) is 13.9. The number of rotatable bonds is 4. The van der Waals surface area contributed by atoms with Crippen LogP contribution in [0.3, 0.4) is 0 Å². The van der Waals surface area contributed by atoms with Gasteiger partial charge in [-0.15, -0.1) is 0 Å². The monoisotopic (exact) mass is 391 g/mol. The van der Waals surface area contributed by atoms with Crippen LogP contribution in [-0.2, 0) is 14.7 Å². The minimum atomic E-state index is -3.76. The summed E-state index contributed by atoms with van der Waals surface area (Å²) in [4.78, 5) is 41.2. The first-order chi connectivity index (χ1) is 12.6. The predicted octanol–water partition coefficient (Wildman–Crippen LogP) is 2.38. The molecule has 140 valence electrons. The lowest BCUT2D eigenvalue weighted by Crippen LogP contribution is -2.33. The Morgan fingerprint density at radius 1 is 1.04 bits per heavy atom. The van der Waals surface area contributed by atoms with Gasteiger partial charge in [0, 0.05) is 0 Å². The molecule has 0 bridgehead atoms. The van der Waals surface area contributed by atoms with Crippen LogP contribution in [-0.4, -0.2) is 36.5 Å². The van der Waals surface area contributed by atoms with Gasteiger partial charge in [0.05, 0.1) is 26.8 Å². The molecule has 2 amide bonds. The molecule has 7 nitrogen and oxygen atoms in total. The Balaban J connectivity index is 1.92. The Morgan fingerprint density at radius 2 is 1.59 bits per heavy atom. The number of hydrogen-bond donors (Lipinski definition) is 0. The molecule has 3 rings (SSSR count). The van der Waals surface area contributed by atoms with E-state index in [1.54, 1.807) is 0 Å². The Labute approximate surface area is 154 Å². The van der Waals surface area contributed by atoms with Crippen LogP contribution in [0.2, 0.25) is 0 Å². The second kappa shape index (κ2) is 6.58. The number of nitrogens with zero attached hydrogens (tertiary/aromatic N) is 1. The number of imide groups is 1. The minimum Gasteiger partial charge on any atom is -0.324 e. The van der Waals surface area contributed by atoms with E-state index < -0.39 is 44.3 Å². The first kappa shape index (κ1) is 18.7. The largest absolute Gasteiger partial charge is 0.366 e. The molecule has 0 saturated heterocycles. The quantitative estimate of drug-likeness (QED) is 0.586. The van der Waals surface area contributed by atoms with Gasteiger partial charge in [0.2, 0.25) is 0 Å². The summed E-state index contributed by atoms with van der Waals surface area (Å²) in [6.45, 7) is 2.88. The molecule has 9 heteroatoms. The maximum atomic E-state index is 14.1. The number of sulfone groups is 1. The van der Waals surface area contributed by atoms with Crippen LogP contribution in [0, 0.1) is 5.82 Å². The molecular formula is C18H14FNO6S. The number of benzene rings is 2. The fourth-order valence-corrected chi connectivity index (χ4v) is 3.58. The highest BCUT2D eigenvalue weighted by Gasteiger charge is 2.39. The van der Waals surface area contributed by atoms with E-state index in [0.717, 1.165) is 18.2 Å². The Morgan fingerprint density at radius 3 is 2.11 bits per heavy atom. The van der Waals surface area contributed by atoms with E-state index >= 15 is 0 Å². The molecule has 1 aliphatic rings. The number of carbonyl (C=O) groups excluding carboxylic acids is 3. The van der Waals surface area contributed by atoms with E-state index in [9.17, 15) is 27.2 Å². The molecule has 0 aromatic heterocycles. The zero-order chi connectivity index (χ0) is 19.9. The lowest BCUT2D eigenvalue weighted by atomic mass is 10.1. The van der Waals surface area contributed by atoms with E-state index in [-0.39, 0.29) is 21.1 Å². The molecule has 0 aliphatic carbocycles. The van der Waals surface area contributed by atoms with E-state index in [0.29, 0.717) is 0 Å². The Hall–Kier alpha value is -3.07. The smallest absolute Gasteiger partial charge is 0.324 e. The van der Waals surface area contributed by atoms with Crippen molar-refractivity contribution in [2.24, 2.45) is 0 Å². The summed E-state index contributed by atoms with van der Waals surface area (Å²) in [5.74, 6) is -4.13. The number of carbonyl (C=O) groups is 3. The van der Waals surface area contributed by atoms with Gasteiger partial charge in [0.15, 0.2) is 9.84 Å². The SMILES string of the molecule is CC(C)S(=O)(=O)c1ccc(F)c(C(=O)ON2C(=O)c3ccccc3C2=O)c1. The molecule has 2 aromatic carbocycles. The molecule has 27 heavy (non-hydrogen) atoms. The van der Waals surface area contributed by atoms with E-state index in [2.05, 4.69) is 0 Å². The van der Waals surface area contributed by atoms with Gasteiger partial charge in [0.25, 0.3) is 11.8 Å². The van der Waals surface area contributed by atoms with Crippen molar-refractivity contribution in [1.82, 2.24) is 5.06 Å². The summed E-state index contributed by atoms with van der Waals surface area (Å²) in [6, 6.07) is 8.52. The fraction of sp³-hybridized carbons (Fsp3) is 0.167. The second-order valence-corrected chi connectivity index (χ2v) is 8.57. The molecule has 0 unspecified atom stereocenters. The predicted molar refractivity (Wildman–Crippen MR) is 91.1 cm³/mol. The van der Waals surface area contributed by atoms with Crippen LogP contribution in [0.15, 0.2) is 47.4 Å². The van der Waals surface area contributed by atoms with Crippen molar-refractivity contribution in [3.63, 3.8) is 0 Å². The summed E-state index contributed by atoms with van der Waals surface area (Å²) in [6.07, 6.45) is 0. The standard InChI is InChI=1S/C18H14FNO6S/c1-10(2)27(24,25)11-7-8-15(19)14(9-11)18(23)26-20-16(21)12-5-3-4-6-13(12)17(20)22/h3-10H,1-2H3. The zero-order valence-electron chi connectivity index (χ0n) is 14.3. The van der Waals surface area contributed by atoms with Gasteiger partial charge in [-0.05, 0) is 44.2 Å². The molecule has 1 heterocycles. The summed E-state index contributed by atoms with van der Waals surface area (Å²) in [7, 11) is -3.76. The van der Waals surface area contributed by atoms with E-state index in [1.165, 1.54) is 38.1 Å². The average molecular weight is 391 g/mol. The number of fused-ring (bicyclic) bond motifs is 1. The molecule has 0 radical (unpaired) electrons. The third-order valence-electron chi connectivity index (χ3n) is 4.04. The van der Waals surface area contributed by atoms with Crippen molar-refractivity contribution in [3.8, 4) is 0 Å². The maximum absolute atomic E-state index is 14.1. The number of halogens is 1.